The van der Waals surface area contributed by atoms with Gasteiger partial charge in [0.2, 0.25) is 5.95 Å². The lowest BCUT2D eigenvalue weighted by atomic mass is 10.2. The van der Waals surface area contributed by atoms with Gasteiger partial charge in [0.05, 0.1) is 11.3 Å². The molecule has 0 aliphatic carbocycles. The summed E-state index contributed by atoms with van der Waals surface area (Å²) in [6.07, 6.45) is 1.62. The molecule has 1 amide bonds. The quantitative estimate of drug-likeness (QED) is 0.936. The zero-order valence-corrected chi connectivity index (χ0v) is 13.5. The highest BCUT2D eigenvalue weighted by Gasteiger charge is 2.18. The van der Waals surface area contributed by atoms with E-state index in [4.69, 9.17) is 0 Å². The van der Waals surface area contributed by atoms with E-state index in [-0.39, 0.29) is 5.91 Å². The minimum absolute atomic E-state index is 0.182. The molecular formula is C17H21N5O. The van der Waals surface area contributed by atoms with Crippen LogP contribution in [0.2, 0.25) is 0 Å². The number of piperazine rings is 1. The zero-order valence-electron chi connectivity index (χ0n) is 13.5. The summed E-state index contributed by atoms with van der Waals surface area (Å²) < 4.78 is 0. The van der Waals surface area contributed by atoms with E-state index >= 15 is 0 Å². The standard InChI is InChI=1S/C17H21N5O/c1-13-15(16(23)20-14-6-4-3-5-7-14)12-18-17(19-13)22-10-8-21(2)9-11-22/h3-7,12H,8-11H2,1-2H3,(H,20,23). The van der Waals surface area contributed by atoms with Gasteiger partial charge in [0.1, 0.15) is 0 Å². The number of benzene rings is 1. The minimum Gasteiger partial charge on any atom is -0.338 e. The molecule has 0 bridgehead atoms. The first-order chi connectivity index (χ1) is 11.1. The molecule has 6 heteroatoms. The highest BCUT2D eigenvalue weighted by molar-refractivity contribution is 6.04. The molecule has 120 valence electrons. The number of aromatic nitrogens is 2. The lowest BCUT2D eigenvalue weighted by Gasteiger charge is -2.32. The van der Waals surface area contributed by atoms with Crippen LogP contribution in [0.4, 0.5) is 11.6 Å². The molecule has 1 aliphatic rings. The second-order valence-corrected chi connectivity index (χ2v) is 5.78. The molecule has 1 saturated heterocycles. The van der Waals surface area contributed by atoms with Crippen molar-refractivity contribution in [2.24, 2.45) is 0 Å². The van der Waals surface area contributed by atoms with Gasteiger partial charge in [-0.25, -0.2) is 9.97 Å². The summed E-state index contributed by atoms with van der Waals surface area (Å²) in [5, 5.41) is 2.86. The minimum atomic E-state index is -0.182. The first-order valence-electron chi connectivity index (χ1n) is 7.77. The average Bonchev–Trinajstić information content (AvgIpc) is 2.56. The predicted molar refractivity (Wildman–Crippen MR) is 90.9 cm³/mol. The summed E-state index contributed by atoms with van der Waals surface area (Å²) in [5.41, 5.74) is 1.97. The second kappa shape index (κ2) is 6.75. The molecule has 1 aromatic heterocycles. The number of nitrogens with zero attached hydrogens (tertiary/aromatic N) is 4. The molecule has 6 nitrogen and oxygen atoms in total. The lowest BCUT2D eigenvalue weighted by Crippen LogP contribution is -2.45. The van der Waals surface area contributed by atoms with Gasteiger partial charge in [-0.15, -0.1) is 0 Å². The van der Waals surface area contributed by atoms with Crippen molar-refractivity contribution in [1.82, 2.24) is 14.9 Å². The number of amides is 1. The molecule has 0 saturated carbocycles. The van der Waals surface area contributed by atoms with Gasteiger partial charge in [0, 0.05) is 38.1 Å². The number of hydrogen-bond donors (Lipinski definition) is 1. The van der Waals surface area contributed by atoms with Gasteiger partial charge in [-0.05, 0) is 26.1 Å². The van der Waals surface area contributed by atoms with Gasteiger partial charge in [-0.1, -0.05) is 18.2 Å². The van der Waals surface area contributed by atoms with E-state index in [1.54, 1.807) is 6.20 Å². The van der Waals surface area contributed by atoms with Crippen LogP contribution in [0, 0.1) is 6.92 Å². The fraction of sp³-hybridized carbons (Fsp3) is 0.353. The Hall–Kier alpha value is -2.47. The van der Waals surface area contributed by atoms with Crippen molar-refractivity contribution in [3.05, 3.63) is 47.8 Å². The van der Waals surface area contributed by atoms with Crippen LogP contribution in [0.25, 0.3) is 0 Å². The molecule has 1 aliphatic heterocycles. The largest absolute Gasteiger partial charge is 0.338 e. The van der Waals surface area contributed by atoms with Gasteiger partial charge in [-0.3, -0.25) is 4.79 Å². The van der Waals surface area contributed by atoms with Crippen molar-refractivity contribution in [1.29, 1.82) is 0 Å². The van der Waals surface area contributed by atoms with Crippen molar-refractivity contribution >= 4 is 17.5 Å². The Labute approximate surface area is 136 Å². The third-order valence-corrected chi connectivity index (χ3v) is 4.03. The Morgan fingerprint density at radius 2 is 1.83 bits per heavy atom. The molecule has 1 N–H and O–H groups in total. The number of rotatable bonds is 3. The van der Waals surface area contributed by atoms with Gasteiger partial charge >= 0.3 is 0 Å². The van der Waals surface area contributed by atoms with Crippen LogP contribution < -0.4 is 10.2 Å². The summed E-state index contributed by atoms with van der Waals surface area (Å²) in [6.45, 7) is 5.66. The Morgan fingerprint density at radius 1 is 1.13 bits per heavy atom. The summed E-state index contributed by atoms with van der Waals surface area (Å²) >= 11 is 0. The van der Waals surface area contributed by atoms with Crippen molar-refractivity contribution in [2.45, 2.75) is 6.92 Å². The Bertz CT molecular complexity index is 681. The topological polar surface area (TPSA) is 61.4 Å². The number of aryl methyl sites for hydroxylation is 1. The molecule has 3 rings (SSSR count). The van der Waals surface area contributed by atoms with Crippen molar-refractivity contribution < 1.29 is 4.79 Å². The summed E-state index contributed by atoms with van der Waals surface area (Å²) in [5.74, 6) is 0.519. The maximum Gasteiger partial charge on any atom is 0.259 e. The SMILES string of the molecule is Cc1nc(N2CCN(C)CC2)ncc1C(=O)Nc1ccccc1. The molecule has 2 aromatic rings. The molecule has 23 heavy (non-hydrogen) atoms. The van der Waals surface area contributed by atoms with Gasteiger partial charge < -0.3 is 15.1 Å². The van der Waals surface area contributed by atoms with Gasteiger partial charge in [0.15, 0.2) is 0 Å². The summed E-state index contributed by atoms with van der Waals surface area (Å²) in [7, 11) is 2.11. The molecule has 1 aromatic carbocycles. The number of carbonyl (C=O) groups is 1. The summed E-state index contributed by atoms with van der Waals surface area (Å²) in [6, 6.07) is 9.39. The van der Waals surface area contributed by atoms with E-state index in [0.29, 0.717) is 17.2 Å². The number of anilines is 2. The monoisotopic (exact) mass is 311 g/mol. The van der Waals surface area contributed by atoms with E-state index < -0.39 is 0 Å². The summed E-state index contributed by atoms with van der Waals surface area (Å²) in [4.78, 5) is 25.7. The fourth-order valence-electron chi connectivity index (χ4n) is 2.56. The molecule has 0 unspecified atom stereocenters. The number of hydrogen-bond acceptors (Lipinski definition) is 5. The number of carbonyl (C=O) groups excluding carboxylic acids is 1. The van der Waals surface area contributed by atoms with Gasteiger partial charge in [0.25, 0.3) is 5.91 Å². The van der Waals surface area contributed by atoms with E-state index in [0.717, 1.165) is 31.9 Å². The Kier molecular flexibility index (Phi) is 4.52. The maximum absolute atomic E-state index is 12.4. The Morgan fingerprint density at radius 3 is 2.48 bits per heavy atom. The highest BCUT2D eigenvalue weighted by Crippen LogP contribution is 2.15. The molecule has 2 heterocycles. The zero-order chi connectivity index (χ0) is 16.2. The van der Waals surface area contributed by atoms with E-state index in [1.165, 1.54) is 0 Å². The van der Waals surface area contributed by atoms with Crippen LogP contribution in [-0.4, -0.2) is 54.0 Å². The second-order valence-electron chi connectivity index (χ2n) is 5.78. The molecular weight excluding hydrogens is 290 g/mol. The van der Waals surface area contributed by atoms with Crippen LogP contribution in [0.1, 0.15) is 16.1 Å². The van der Waals surface area contributed by atoms with Crippen molar-refractivity contribution in [2.75, 3.05) is 43.4 Å². The van der Waals surface area contributed by atoms with Crippen LogP contribution in [-0.2, 0) is 0 Å². The van der Waals surface area contributed by atoms with Crippen LogP contribution in [0.5, 0.6) is 0 Å². The first-order valence-corrected chi connectivity index (χ1v) is 7.77. The van der Waals surface area contributed by atoms with Crippen molar-refractivity contribution in [3.8, 4) is 0 Å². The normalized spacial score (nSPS) is 15.5. The maximum atomic E-state index is 12.4. The highest BCUT2D eigenvalue weighted by atomic mass is 16.1. The molecule has 0 radical (unpaired) electrons. The number of para-hydroxylation sites is 1. The van der Waals surface area contributed by atoms with Crippen molar-refractivity contribution in [3.63, 3.8) is 0 Å². The van der Waals surface area contributed by atoms with Crippen LogP contribution in [0.3, 0.4) is 0 Å². The first kappa shape index (κ1) is 15.4. The average molecular weight is 311 g/mol. The molecule has 1 fully saturated rings. The van der Waals surface area contributed by atoms with Crippen LogP contribution in [0.15, 0.2) is 36.5 Å². The lowest BCUT2D eigenvalue weighted by molar-refractivity contribution is 0.102. The molecule has 0 atom stereocenters. The number of likely N-dealkylation sites (N-methyl/N-ethyl adjacent to an activating group) is 1. The third kappa shape index (κ3) is 3.65. The van der Waals surface area contributed by atoms with E-state index in [2.05, 4.69) is 32.1 Å². The molecule has 0 spiro atoms. The fourth-order valence-corrected chi connectivity index (χ4v) is 2.56. The van der Waals surface area contributed by atoms with E-state index in [1.807, 2.05) is 37.3 Å². The predicted octanol–water partition coefficient (Wildman–Crippen LogP) is 1.79. The number of nitrogens with one attached hydrogen (secondary N) is 1. The Balaban J connectivity index is 1.73. The van der Waals surface area contributed by atoms with Crippen LogP contribution >= 0.6 is 0 Å². The van der Waals surface area contributed by atoms with Gasteiger partial charge in [-0.2, -0.15) is 0 Å². The third-order valence-electron chi connectivity index (χ3n) is 4.03. The van der Waals surface area contributed by atoms with E-state index in [9.17, 15) is 4.79 Å². The smallest absolute Gasteiger partial charge is 0.259 e.